The molecule has 0 heterocycles. The summed E-state index contributed by atoms with van der Waals surface area (Å²) < 4.78 is 0. The summed E-state index contributed by atoms with van der Waals surface area (Å²) in [5.74, 6) is -1.71. The molecule has 6 atom stereocenters. The molecule has 0 aromatic carbocycles. The van der Waals surface area contributed by atoms with Gasteiger partial charge in [-0.15, -0.1) is 0 Å². The van der Waals surface area contributed by atoms with Gasteiger partial charge in [0.1, 0.15) is 12.4 Å². The number of carboxylic acids is 1. The predicted molar refractivity (Wildman–Crippen MR) is 102 cm³/mol. The summed E-state index contributed by atoms with van der Waals surface area (Å²) in [5, 5.41) is 29.0. The first-order valence-electron chi connectivity index (χ1n) is 10.3. The Balaban J connectivity index is 2.05. The molecule has 0 saturated heterocycles. The molecule has 1 fully saturated rings. The highest BCUT2D eigenvalue weighted by molar-refractivity contribution is 5.88. The van der Waals surface area contributed by atoms with Crippen LogP contribution in [0.5, 0.6) is 0 Å². The molecule has 3 aliphatic carbocycles. The molecule has 0 radical (unpaired) electrons. The van der Waals surface area contributed by atoms with Gasteiger partial charge in [-0.3, -0.25) is 14.4 Å². The zero-order chi connectivity index (χ0) is 20.9. The van der Waals surface area contributed by atoms with Gasteiger partial charge in [-0.2, -0.15) is 0 Å². The predicted octanol–water partition coefficient (Wildman–Crippen LogP) is 2.51. The molecule has 3 rings (SSSR count). The Morgan fingerprint density at radius 1 is 1.25 bits per heavy atom. The molecule has 3 N–H and O–H groups in total. The van der Waals surface area contributed by atoms with Crippen LogP contribution < -0.4 is 0 Å². The van der Waals surface area contributed by atoms with E-state index in [0.717, 1.165) is 30.4 Å². The van der Waals surface area contributed by atoms with Gasteiger partial charge in [-0.1, -0.05) is 25.0 Å². The van der Waals surface area contributed by atoms with Crippen molar-refractivity contribution >= 4 is 17.5 Å². The lowest BCUT2D eigenvalue weighted by molar-refractivity contribution is -0.140. The molecule has 0 amide bonds. The summed E-state index contributed by atoms with van der Waals surface area (Å²) in [5.41, 5.74) is 1.29. The summed E-state index contributed by atoms with van der Waals surface area (Å²) in [4.78, 5) is 36.6. The van der Waals surface area contributed by atoms with Gasteiger partial charge in [0, 0.05) is 24.2 Å². The van der Waals surface area contributed by atoms with Crippen LogP contribution in [0.3, 0.4) is 0 Å². The highest BCUT2D eigenvalue weighted by Crippen LogP contribution is 2.63. The van der Waals surface area contributed by atoms with Crippen LogP contribution in [0.2, 0.25) is 0 Å². The van der Waals surface area contributed by atoms with Crippen molar-refractivity contribution in [1.29, 1.82) is 0 Å². The Morgan fingerprint density at radius 3 is 2.50 bits per heavy atom. The number of aliphatic carboxylic acids is 1. The molecule has 0 aromatic heterocycles. The summed E-state index contributed by atoms with van der Waals surface area (Å²) >= 11 is 0. The number of ketones is 2. The molecule has 1 saturated carbocycles. The van der Waals surface area contributed by atoms with Crippen molar-refractivity contribution in [3.05, 3.63) is 11.1 Å². The zero-order valence-electron chi connectivity index (χ0n) is 17.0. The number of carbonyl (C=O) groups is 3. The van der Waals surface area contributed by atoms with E-state index in [9.17, 15) is 29.7 Å². The van der Waals surface area contributed by atoms with E-state index >= 15 is 0 Å². The fraction of sp³-hybridized carbons (Fsp3) is 0.773. The highest BCUT2D eigenvalue weighted by atomic mass is 16.4. The van der Waals surface area contributed by atoms with Gasteiger partial charge in [0.15, 0.2) is 5.78 Å². The summed E-state index contributed by atoms with van der Waals surface area (Å²) in [6, 6.07) is 0. The van der Waals surface area contributed by atoms with Crippen molar-refractivity contribution in [2.45, 2.75) is 71.8 Å². The maximum absolute atomic E-state index is 13.1. The third-order valence-corrected chi connectivity index (χ3v) is 8.03. The maximum atomic E-state index is 13.1. The van der Waals surface area contributed by atoms with Crippen molar-refractivity contribution in [1.82, 2.24) is 0 Å². The van der Waals surface area contributed by atoms with Gasteiger partial charge in [0.25, 0.3) is 0 Å². The Kier molecular flexibility index (Phi) is 5.58. The van der Waals surface area contributed by atoms with E-state index in [-0.39, 0.29) is 41.7 Å². The normalized spacial score (nSPS) is 38.8. The minimum absolute atomic E-state index is 0.0252. The fourth-order valence-corrected chi connectivity index (χ4v) is 6.76. The van der Waals surface area contributed by atoms with Crippen LogP contribution in [-0.2, 0) is 14.4 Å². The maximum Gasteiger partial charge on any atom is 0.303 e. The number of rotatable bonds is 6. The van der Waals surface area contributed by atoms with Crippen LogP contribution in [-0.4, -0.2) is 45.6 Å². The molecular formula is C22H32O6. The topological polar surface area (TPSA) is 112 Å². The van der Waals surface area contributed by atoms with Crippen molar-refractivity contribution in [2.24, 2.45) is 28.6 Å². The van der Waals surface area contributed by atoms with Crippen molar-refractivity contribution in [2.75, 3.05) is 6.61 Å². The minimum Gasteiger partial charge on any atom is -0.481 e. The first kappa shape index (κ1) is 21.2. The molecule has 6 unspecified atom stereocenters. The van der Waals surface area contributed by atoms with E-state index < -0.39 is 30.0 Å². The summed E-state index contributed by atoms with van der Waals surface area (Å²) in [6.07, 6.45) is 2.77. The van der Waals surface area contributed by atoms with Crippen molar-refractivity contribution < 1.29 is 29.7 Å². The molecular weight excluding hydrogens is 360 g/mol. The van der Waals surface area contributed by atoms with Gasteiger partial charge in [0.05, 0.1) is 12.0 Å². The molecule has 0 aliphatic heterocycles. The molecule has 6 nitrogen and oxygen atoms in total. The van der Waals surface area contributed by atoms with Gasteiger partial charge < -0.3 is 15.3 Å². The van der Waals surface area contributed by atoms with E-state index in [1.54, 1.807) is 6.92 Å². The fourth-order valence-electron chi connectivity index (χ4n) is 6.76. The lowest BCUT2D eigenvalue weighted by Gasteiger charge is -2.52. The Morgan fingerprint density at radius 2 is 1.93 bits per heavy atom. The average Bonchev–Trinajstić information content (AvgIpc) is 2.96. The molecule has 0 aromatic rings. The van der Waals surface area contributed by atoms with Crippen LogP contribution >= 0.6 is 0 Å². The number of carbonyl (C=O) groups excluding carboxylic acids is 2. The van der Waals surface area contributed by atoms with Gasteiger partial charge in [0.2, 0.25) is 0 Å². The SMILES string of the molecule is CC(O)C1C(=O)CC2=C(CCC3(C)C(C(=O)CO)CCC23)C1(C)CCC(=O)O. The van der Waals surface area contributed by atoms with Crippen LogP contribution in [0, 0.1) is 28.6 Å². The Labute approximate surface area is 166 Å². The third kappa shape index (κ3) is 3.14. The van der Waals surface area contributed by atoms with Gasteiger partial charge in [-0.05, 0) is 50.4 Å². The molecule has 156 valence electrons. The second kappa shape index (κ2) is 7.38. The second-order valence-electron chi connectivity index (χ2n) is 9.49. The number of fused-ring (bicyclic) bond motifs is 2. The molecule has 0 spiro atoms. The summed E-state index contributed by atoms with van der Waals surface area (Å²) in [7, 11) is 0. The van der Waals surface area contributed by atoms with E-state index in [1.807, 2.05) is 6.92 Å². The number of hydrogen-bond donors (Lipinski definition) is 3. The monoisotopic (exact) mass is 392 g/mol. The van der Waals surface area contributed by atoms with E-state index in [0.29, 0.717) is 12.8 Å². The third-order valence-electron chi connectivity index (χ3n) is 8.03. The van der Waals surface area contributed by atoms with E-state index in [4.69, 9.17) is 0 Å². The number of Topliss-reactive ketones (excluding diaryl/α,β-unsaturated/α-hetero) is 2. The largest absolute Gasteiger partial charge is 0.481 e. The average molecular weight is 392 g/mol. The van der Waals surface area contributed by atoms with Gasteiger partial charge in [-0.25, -0.2) is 0 Å². The van der Waals surface area contributed by atoms with Crippen LogP contribution in [0.15, 0.2) is 11.1 Å². The Bertz CT molecular complexity index is 723. The first-order chi connectivity index (χ1) is 13.1. The second-order valence-corrected chi connectivity index (χ2v) is 9.49. The smallest absolute Gasteiger partial charge is 0.303 e. The first-order valence-corrected chi connectivity index (χ1v) is 10.3. The lowest BCUT2D eigenvalue weighted by atomic mass is 9.52. The summed E-state index contributed by atoms with van der Waals surface area (Å²) in [6.45, 7) is 5.21. The lowest BCUT2D eigenvalue weighted by Crippen LogP contribution is -2.49. The number of allylic oxidation sites excluding steroid dienone is 2. The van der Waals surface area contributed by atoms with Crippen LogP contribution in [0.4, 0.5) is 0 Å². The standard InChI is InChI=1S/C22H32O6/c1-12(24)20-17(25)10-13-14-4-5-16(18(26)11-23)21(14,2)8-6-15(13)22(20,3)9-7-19(27)28/h12,14,16,20,23-24H,4-11H2,1-3H3,(H,27,28). The van der Waals surface area contributed by atoms with Crippen molar-refractivity contribution in [3.8, 4) is 0 Å². The number of aliphatic hydroxyl groups excluding tert-OH is 2. The van der Waals surface area contributed by atoms with E-state index in [2.05, 4.69) is 6.92 Å². The number of aliphatic hydroxyl groups is 2. The number of hydrogen-bond acceptors (Lipinski definition) is 5. The zero-order valence-corrected chi connectivity index (χ0v) is 17.0. The molecule has 28 heavy (non-hydrogen) atoms. The van der Waals surface area contributed by atoms with Crippen LogP contribution in [0.1, 0.15) is 65.7 Å². The molecule has 0 bridgehead atoms. The minimum atomic E-state index is -0.902. The Hall–Kier alpha value is -1.53. The number of carboxylic acid groups (broad SMARTS) is 1. The van der Waals surface area contributed by atoms with Crippen molar-refractivity contribution in [3.63, 3.8) is 0 Å². The van der Waals surface area contributed by atoms with Gasteiger partial charge >= 0.3 is 5.97 Å². The van der Waals surface area contributed by atoms with Crippen LogP contribution in [0.25, 0.3) is 0 Å². The van der Waals surface area contributed by atoms with E-state index in [1.165, 1.54) is 0 Å². The quantitative estimate of drug-likeness (QED) is 0.599. The molecule has 3 aliphatic rings. The highest BCUT2D eigenvalue weighted by Gasteiger charge is 2.57. The molecule has 6 heteroatoms.